The van der Waals surface area contributed by atoms with Gasteiger partial charge >= 0.3 is 6.18 Å². The Bertz CT molecular complexity index is 587. The lowest BCUT2D eigenvalue weighted by Crippen LogP contribution is -2.27. The van der Waals surface area contributed by atoms with E-state index in [0.717, 1.165) is 0 Å². The average Bonchev–Trinajstić information content (AvgIpc) is 2.37. The molecule has 2 aromatic rings. The topological polar surface area (TPSA) is 32.3 Å². The number of nitrogens with one attached hydrogen (secondary N) is 1. The molecule has 2 N–H and O–H groups in total. The summed E-state index contributed by atoms with van der Waals surface area (Å²) < 4.78 is 40.0. The van der Waals surface area contributed by atoms with Crippen LogP contribution in [0.4, 0.5) is 18.9 Å². The summed E-state index contributed by atoms with van der Waals surface area (Å²) in [4.78, 5) is 0. The van der Waals surface area contributed by atoms with Crippen LogP contribution in [0.5, 0.6) is 5.75 Å². The first-order valence-electron chi connectivity index (χ1n) is 5.74. The van der Waals surface area contributed by atoms with Crippen molar-refractivity contribution in [3.05, 3.63) is 58.6 Å². The number of alkyl halides is 3. The summed E-state index contributed by atoms with van der Waals surface area (Å²) >= 11 is 3.14. The monoisotopic (exact) mass is 345 g/mol. The Hall–Kier alpha value is -1.69. The number of benzene rings is 2. The molecule has 0 aliphatic rings. The normalized spacial score (nSPS) is 13.0. The summed E-state index contributed by atoms with van der Waals surface area (Å²) in [6.07, 6.45) is -4.47. The van der Waals surface area contributed by atoms with E-state index in [1.807, 2.05) is 0 Å². The van der Waals surface area contributed by atoms with Crippen LogP contribution in [-0.4, -0.2) is 11.3 Å². The van der Waals surface area contributed by atoms with Crippen molar-refractivity contribution in [3.8, 4) is 5.75 Å². The zero-order chi connectivity index (χ0) is 14.8. The molecular weight excluding hydrogens is 335 g/mol. The Kier molecular flexibility index (Phi) is 4.23. The van der Waals surface area contributed by atoms with E-state index in [1.165, 1.54) is 36.4 Å². The van der Waals surface area contributed by atoms with Crippen LogP contribution in [0.2, 0.25) is 0 Å². The molecule has 20 heavy (non-hydrogen) atoms. The maximum absolute atomic E-state index is 13.1. The minimum absolute atomic E-state index is 0.0272. The van der Waals surface area contributed by atoms with Crippen LogP contribution < -0.4 is 5.32 Å². The van der Waals surface area contributed by atoms with Gasteiger partial charge in [0.1, 0.15) is 11.8 Å². The Morgan fingerprint density at radius 3 is 2.25 bits per heavy atom. The molecule has 0 aromatic heterocycles. The van der Waals surface area contributed by atoms with Crippen molar-refractivity contribution in [2.24, 2.45) is 0 Å². The predicted octanol–water partition coefficient (Wildman–Crippen LogP) is 4.87. The predicted molar refractivity (Wildman–Crippen MR) is 74.7 cm³/mol. The highest BCUT2D eigenvalue weighted by molar-refractivity contribution is 9.10. The summed E-state index contributed by atoms with van der Waals surface area (Å²) in [5.74, 6) is -0.246. The van der Waals surface area contributed by atoms with E-state index >= 15 is 0 Å². The highest BCUT2D eigenvalue weighted by Crippen LogP contribution is 2.38. The van der Waals surface area contributed by atoms with E-state index in [0.29, 0.717) is 4.47 Å². The van der Waals surface area contributed by atoms with Gasteiger partial charge in [-0.25, -0.2) is 0 Å². The molecular formula is C14H11BrF3NO. The van der Waals surface area contributed by atoms with Gasteiger partial charge in [0.2, 0.25) is 0 Å². The van der Waals surface area contributed by atoms with Gasteiger partial charge in [0, 0.05) is 4.47 Å². The van der Waals surface area contributed by atoms with E-state index < -0.39 is 12.2 Å². The Morgan fingerprint density at radius 2 is 1.70 bits per heavy atom. The standard InChI is InChI=1S/C14H11BrF3NO/c15-10-6-7-11(12(20)8-10)19-13(14(16,17)18)9-4-2-1-3-5-9/h1-8,13,19-20H. The third-order valence-corrected chi connectivity index (χ3v) is 3.21. The van der Waals surface area contributed by atoms with Crippen LogP contribution in [0.3, 0.4) is 0 Å². The summed E-state index contributed by atoms with van der Waals surface area (Å²) in [6, 6.07) is 9.91. The SMILES string of the molecule is Oc1cc(Br)ccc1NC(c1ccccc1)C(F)(F)F. The summed E-state index contributed by atoms with van der Waals surface area (Å²) in [5.41, 5.74) is 0.113. The number of halogens is 4. The third-order valence-electron chi connectivity index (χ3n) is 2.72. The number of phenols is 1. The van der Waals surface area contributed by atoms with Gasteiger partial charge in [-0.05, 0) is 23.8 Å². The van der Waals surface area contributed by atoms with Crippen molar-refractivity contribution < 1.29 is 18.3 Å². The molecule has 0 fully saturated rings. The molecule has 0 saturated heterocycles. The summed E-state index contributed by atoms with van der Waals surface area (Å²) in [7, 11) is 0. The second kappa shape index (κ2) is 5.75. The van der Waals surface area contributed by atoms with Gasteiger partial charge in [0.25, 0.3) is 0 Å². The number of hydrogen-bond donors (Lipinski definition) is 2. The third kappa shape index (κ3) is 3.45. The lowest BCUT2D eigenvalue weighted by atomic mass is 10.1. The zero-order valence-electron chi connectivity index (χ0n) is 10.2. The molecule has 0 saturated carbocycles. The maximum atomic E-state index is 13.1. The number of phenolic OH excluding ortho intramolecular Hbond substituents is 1. The van der Waals surface area contributed by atoms with Gasteiger partial charge in [0.15, 0.2) is 0 Å². The fourth-order valence-corrected chi connectivity index (χ4v) is 2.13. The number of rotatable bonds is 3. The van der Waals surface area contributed by atoms with Gasteiger partial charge in [-0.2, -0.15) is 13.2 Å². The van der Waals surface area contributed by atoms with Crippen LogP contribution in [0, 0.1) is 0 Å². The quantitative estimate of drug-likeness (QED) is 0.777. The average molecular weight is 346 g/mol. The molecule has 0 bridgehead atoms. The van der Waals surface area contributed by atoms with E-state index in [9.17, 15) is 18.3 Å². The Labute approximate surface area is 122 Å². The second-order valence-corrected chi connectivity index (χ2v) is 5.11. The lowest BCUT2D eigenvalue weighted by Gasteiger charge is -2.23. The lowest BCUT2D eigenvalue weighted by molar-refractivity contribution is -0.144. The van der Waals surface area contributed by atoms with Crippen molar-refractivity contribution in [2.75, 3.05) is 5.32 Å². The fourth-order valence-electron chi connectivity index (χ4n) is 1.78. The Morgan fingerprint density at radius 1 is 1.05 bits per heavy atom. The number of aromatic hydroxyl groups is 1. The molecule has 2 rings (SSSR count). The smallest absolute Gasteiger partial charge is 0.412 e. The van der Waals surface area contributed by atoms with E-state index in [2.05, 4.69) is 21.2 Å². The van der Waals surface area contributed by atoms with Crippen molar-refractivity contribution in [1.29, 1.82) is 0 Å². The molecule has 0 spiro atoms. The van der Waals surface area contributed by atoms with Gasteiger partial charge in [-0.3, -0.25) is 0 Å². The molecule has 6 heteroatoms. The van der Waals surface area contributed by atoms with Crippen molar-refractivity contribution in [3.63, 3.8) is 0 Å². The minimum atomic E-state index is -4.47. The molecule has 106 valence electrons. The second-order valence-electron chi connectivity index (χ2n) is 4.19. The summed E-state index contributed by atoms with van der Waals surface area (Å²) in [6.45, 7) is 0. The molecule has 0 aliphatic heterocycles. The van der Waals surface area contributed by atoms with Gasteiger partial charge in [-0.15, -0.1) is 0 Å². The highest BCUT2D eigenvalue weighted by Gasteiger charge is 2.41. The molecule has 2 aromatic carbocycles. The zero-order valence-corrected chi connectivity index (χ0v) is 11.7. The first-order chi connectivity index (χ1) is 9.38. The summed E-state index contributed by atoms with van der Waals surface area (Å²) in [5, 5.41) is 12.0. The van der Waals surface area contributed by atoms with Crippen LogP contribution >= 0.6 is 15.9 Å². The largest absolute Gasteiger partial charge is 0.506 e. The van der Waals surface area contributed by atoms with Crippen molar-refractivity contribution in [1.82, 2.24) is 0 Å². The molecule has 0 heterocycles. The van der Waals surface area contributed by atoms with Crippen LogP contribution in [0.1, 0.15) is 11.6 Å². The van der Waals surface area contributed by atoms with Gasteiger partial charge < -0.3 is 10.4 Å². The van der Waals surface area contributed by atoms with Crippen LogP contribution in [0.15, 0.2) is 53.0 Å². The first-order valence-corrected chi connectivity index (χ1v) is 6.54. The van der Waals surface area contributed by atoms with E-state index in [1.54, 1.807) is 12.1 Å². The van der Waals surface area contributed by atoms with E-state index in [4.69, 9.17) is 0 Å². The molecule has 0 aliphatic carbocycles. The van der Waals surface area contributed by atoms with Gasteiger partial charge in [0.05, 0.1) is 5.69 Å². The van der Waals surface area contributed by atoms with Crippen molar-refractivity contribution >= 4 is 21.6 Å². The highest BCUT2D eigenvalue weighted by atomic mass is 79.9. The first kappa shape index (κ1) is 14.7. The molecule has 2 nitrogen and oxygen atoms in total. The molecule has 1 unspecified atom stereocenters. The fraction of sp³-hybridized carbons (Fsp3) is 0.143. The molecule has 0 radical (unpaired) electrons. The van der Waals surface area contributed by atoms with E-state index in [-0.39, 0.29) is 17.0 Å². The Balaban J connectivity index is 2.34. The maximum Gasteiger partial charge on any atom is 0.412 e. The number of hydrogen-bond acceptors (Lipinski definition) is 2. The van der Waals surface area contributed by atoms with Gasteiger partial charge in [-0.1, -0.05) is 46.3 Å². The molecule has 0 amide bonds. The number of anilines is 1. The van der Waals surface area contributed by atoms with Crippen LogP contribution in [-0.2, 0) is 0 Å². The van der Waals surface area contributed by atoms with Crippen LogP contribution in [0.25, 0.3) is 0 Å². The van der Waals surface area contributed by atoms with Crippen molar-refractivity contribution in [2.45, 2.75) is 12.2 Å². The molecule has 1 atom stereocenters. The minimum Gasteiger partial charge on any atom is -0.506 e.